The Morgan fingerprint density at radius 2 is 2.00 bits per heavy atom. The van der Waals surface area contributed by atoms with Crippen molar-refractivity contribution in [1.82, 2.24) is 4.98 Å². The molecule has 0 bridgehead atoms. The number of aromatic nitrogens is 1. The maximum atomic E-state index is 5.80. The van der Waals surface area contributed by atoms with Gasteiger partial charge in [0.2, 0.25) is 0 Å². The fourth-order valence-corrected chi connectivity index (χ4v) is 2.98. The van der Waals surface area contributed by atoms with Crippen molar-refractivity contribution in [1.29, 1.82) is 0 Å². The molecule has 0 spiro atoms. The van der Waals surface area contributed by atoms with Crippen LogP contribution >= 0.6 is 11.3 Å². The summed E-state index contributed by atoms with van der Waals surface area (Å²) >= 11 is 1.71. The lowest BCUT2D eigenvalue weighted by atomic mass is 10.2. The third-order valence-electron chi connectivity index (χ3n) is 2.98. The van der Waals surface area contributed by atoms with Crippen LogP contribution in [0, 0.1) is 0 Å². The molecule has 0 aliphatic heterocycles. The van der Waals surface area contributed by atoms with E-state index in [-0.39, 0.29) is 0 Å². The molecule has 0 radical (unpaired) electrons. The number of fused-ring (bicyclic) bond motifs is 1. The topological polar surface area (TPSA) is 42.1 Å². The van der Waals surface area contributed by atoms with E-state index in [0.717, 1.165) is 22.9 Å². The Labute approximate surface area is 116 Å². The summed E-state index contributed by atoms with van der Waals surface area (Å²) in [4.78, 5) is 6.80. The smallest absolute Gasteiger partial charge is 0.186 e. The monoisotopic (exact) mass is 269 g/mol. The van der Waals surface area contributed by atoms with Crippen LogP contribution in [-0.4, -0.2) is 12.0 Å². The Morgan fingerprint density at radius 1 is 1.16 bits per heavy atom. The molecule has 96 valence electrons. The lowest BCUT2D eigenvalue weighted by Crippen LogP contribution is -2.16. The second-order valence-corrected chi connectivity index (χ2v) is 5.57. The van der Waals surface area contributed by atoms with Crippen molar-refractivity contribution in [2.75, 3.05) is 17.7 Å². The highest BCUT2D eigenvalue weighted by molar-refractivity contribution is 7.22. The van der Waals surface area contributed by atoms with Crippen molar-refractivity contribution in [3.63, 3.8) is 0 Å². The van der Waals surface area contributed by atoms with Gasteiger partial charge in [0.25, 0.3) is 0 Å². The van der Waals surface area contributed by atoms with Crippen LogP contribution in [0.1, 0.15) is 5.56 Å². The van der Waals surface area contributed by atoms with Gasteiger partial charge in [0.1, 0.15) is 0 Å². The molecule has 0 aliphatic carbocycles. The number of rotatable bonds is 3. The molecule has 1 heterocycles. The summed E-state index contributed by atoms with van der Waals surface area (Å²) < 4.78 is 1.22. The predicted octanol–water partition coefficient (Wildman–Crippen LogP) is 3.51. The summed E-state index contributed by atoms with van der Waals surface area (Å²) in [6.45, 7) is 0.810. The molecular formula is C15H15N3S. The van der Waals surface area contributed by atoms with Crippen LogP contribution in [0.5, 0.6) is 0 Å². The molecule has 2 aromatic carbocycles. The summed E-state index contributed by atoms with van der Waals surface area (Å²) in [5.74, 6) is 0. The van der Waals surface area contributed by atoms with E-state index in [1.54, 1.807) is 11.3 Å². The van der Waals surface area contributed by atoms with Gasteiger partial charge in [-0.2, -0.15) is 0 Å². The Bertz CT molecular complexity index is 672. The molecule has 2 N–H and O–H groups in total. The zero-order valence-electron chi connectivity index (χ0n) is 10.7. The van der Waals surface area contributed by atoms with Crippen LogP contribution in [0.2, 0.25) is 0 Å². The number of thiazole rings is 1. The van der Waals surface area contributed by atoms with Gasteiger partial charge in [-0.15, -0.1) is 0 Å². The van der Waals surface area contributed by atoms with Crippen LogP contribution in [0.3, 0.4) is 0 Å². The molecule has 3 aromatic rings. The first-order valence-corrected chi connectivity index (χ1v) is 6.95. The zero-order chi connectivity index (χ0) is 13.2. The largest absolute Gasteiger partial charge is 0.399 e. The Morgan fingerprint density at radius 3 is 2.79 bits per heavy atom. The first-order valence-electron chi connectivity index (χ1n) is 6.13. The number of hydrogen-bond acceptors (Lipinski definition) is 4. The third kappa shape index (κ3) is 2.53. The molecule has 19 heavy (non-hydrogen) atoms. The molecular weight excluding hydrogens is 254 g/mol. The summed E-state index contributed by atoms with van der Waals surface area (Å²) in [6.07, 6.45) is 0. The van der Waals surface area contributed by atoms with E-state index < -0.39 is 0 Å². The molecule has 0 aliphatic rings. The van der Waals surface area contributed by atoms with E-state index in [4.69, 9.17) is 5.73 Å². The van der Waals surface area contributed by atoms with Gasteiger partial charge >= 0.3 is 0 Å². The van der Waals surface area contributed by atoms with Gasteiger partial charge in [-0.1, -0.05) is 35.6 Å². The lowest BCUT2D eigenvalue weighted by molar-refractivity contribution is 0.918. The molecule has 0 atom stereocenters. The number of benzene rings is 2. The van der Waals surface area contributed by atoms with Gasteiger partial charge in [0.15, 0.2) is 5.13 Å². The fourth-order valence-electron chi connectivity index (χ4n) is 2.06. The minimum Gasteiger partial charge on any atom is -0.399 e. The van der Waals surface area contributed by atoms with Crippen LogP contribution in [0.15, 0.2) is 48.5 Å². The number of nitrogens with zero attached hydrogens (tertiary/aromatic N) is 2. The van der Waals surface area contributed by atoms with E-state index >= 15 is 0 Å². The minimum atomic E-state index is 0.801. The highest BCUT2D eigenvalue weighted by Gasteiger charge is 2.08. The quantitative estimate of drug-likeness (QED) is 0.740. The Hall–Kier alpha value is -2.07. The van der Waals surface area contributed by atoms with Gasteiger partial charge in [0, 0.05) is 19.3 Å². The summed E-state index contributed by atoms with van der Waals surface area (Å²) in [5, 5.41) is 1.03. The second-order valence-electron chi connectivity index (χ2n) is 4.57. The Balaban J connectivity index is 1.85. The Kier molecular flexibility index (Phi) is 3.09. The average molecular weight is 269 g/mol. The number of para-hydroxylation sites is 1. The maximum Gasteiger partial charge on any atom is 0.186 e. The summed E-state index contributed by atoms with van der Waals surface area (Å²) in [5.41, 5.74) is 8.86. The van der Waals surface area contributed by atoms with Gasteiger partial charge in [-0.3, -0.25) is 0 Å². The van der Waals surface area contributed by atoms with Gasteiger partial charge in [-0.25, -0.2) is 4.98 Å². The SMILES string of the molecule is CN(Cc1cccc(N)c1)c1nc2ccccc2s1. The van der Waals surface area contributed by atoms with E-state index in [2.05, 4.69) is 29.1 Å². The normalized spacial score (nSPS) is 10.8. The van der Waals surface area contributed by atoms with Crippen LogP contribution in [0.25, 0.3) is 10.2 Å². The summed E-state index contributed by atoms with van der Waals surface area (Å²) in [7, 11) is 2.06. The number of nitrogens with two attached hydrogens (primary N) is 1. The van der Waals surface area contributed by atoms with Gasteiger partial charge in [-0.05, 0) is 29.8 Å². The number of nitrogen functional groups attached to an aromatic ring is 1. The van der Waals surface area contributed by atoms with Crippen molar-refractivity contribution in [3.05, 3.63) is 54.1 Å². The minimum absolute atomic E-state index is 0.801. The van der Waals surface area contributed by atoms with E-state index in [1.165, 1.54) is 10.3 Å². The molecule has 0 fully saturated rings. The highest BCUT2D eigenvalue weighted by atomic mass is 32.1. The van der Waals surface area contributed by atoms with E-state index in [9.17, 15) is 0 Å². The van der Waals surface area contributed by atoms with Gasteiger partial charge < -0.3 is 10.6 Å². The van der Waals surface area contributed by atoms with E-state index in [1.807, 2.05) is 36.4 Å². The van der Waals surface area contributed by atoms with E-state index in [0.29, 0.717) is 0 Å². The third-order valence-corrected chi connectivity index (χ3v) is 4.13. The highest BCUT2D eigenvalue weighted by Crippen LogP contribution is 2.28. The summed E-state index contributed by atoms with van der Waals surface area (Å²) in [6, 6.07) is 16.2. The van der Waals surface area contributed by atoms with Crippen molar-refractivity contribution >= 4 is 32.4 Å². The molecule has 3 nitrogen and oxygen atoms in total. The zero-order valence-corrected chi connectivity index (χ0v) is 11.5. The van der Waals surface area contributed by atoms with Crippen molar-refractivity contribution in [3.8, 4) is 0 Å². The standard InChI is InChI=1S/C15H15N3S/c1-18(10-11-5-4-6-12(16)9-11)15-17-13-7-2-3-8-14(13)19-15/h2-9H,10,16H2,1H3. The first-order chi connectivity index (χ1) is 9.22. The van der Waals surface area contributed by atoms with Crippen molar-refractivity contribution in [2.24, 2.45) is 0 Å². The molecule has 0 unspecified atom stereocenters. The molecule has 0 amide bonds. The molecule has 0 saturated carbocycles. The van der Waals surface area contributed by atoms with Crippen LogP contribution in [-0.2, 0) is 6.54 Å². The maximum absolute atomic E-state index is 5.80. The molecule has 3 rings (SSSR count). The number of anilines is 2. The van der Waals surface area contributed by atoms with Crippen LogP contribution < -0.4 is 10.6 Å². The van der Waals surface area contributed by atoms with Crippen molar-refractivity contribution in [2.45, 2.75) is 6.54 Å². The van der Waals surface area contributed by atoms with Crippen LogP contribution in [0.4, 0.5) is 10.8 Å². The second kappa shape index (κ2) is 4.90. The fraction of sp³-hybridized carbons (Fsp3) is 0.133. The van der Waals surface area contributed by atoms with Gasteiger partial charge in [0.05, 0.1) is 10.2 Å². The molecule has 0 saturated heterocycles. The average Bonchev–Trinajstić information content (AvgIpc) is 2.82. The first kappa shape index (κ1) is 12.0. The number of hydrogen-bond donors (Lipinski definition) is 1. The molecule has 4 heteroatoms. The predicted molar refractivity (Wildman–Crippen MR) is 82.6 cm³/mol. The lowest BCUT2D eigenvalue weighted by Gasteiger charge is -2.15. The molecule has 1 aromatic heterocycles. The van der Waals surface area contributed by atoms with Crippen molar-refractivity contribution < 1.29 is 0 Å².